The van der Waals surface area contributed by atoms with Crippen molar-refractivity contribution >= 4 is 101 Å². The Morgan fingerprint density at radius 2 is 0.662 bits per heavy atom. The fourth-order valence-corrected chi connectivity index (χ4v) is 19.6. The van der Waals surface area contributed by atoms with Crippen molar-refractivity contribution < 1.29 is 107 Å². The van der Waals surface area contributed by atoms with Gasteiger partial charge in [-0.15, -0.1) is 0 Å². The van der Waals surface area contributed by atoms with Gasteiger partial charge < -0.3 is 86.1 Å². The van der Waals surface area contributed by atoms with E-state index >= 15 is 9.59 Å². The highest BCUT2D eigenvalue weighted by atomic mass is 32.2. The molecule has 0 aliphatic carbocycles. The Balaban J connectivity index is 1.26. The number of carbonyl (C=O) groups is 15. The minimum Gasteiger partial charge on any atom is -0.481 e. The molecular formula is C97H166N10O22S. The van der Waals surface area contributed by atoms with Crippen molar-refractivity contribution in [1.29, 1.82) is 0 Å². The zero-order valence-corrected chi connectivity index (χ0v) is 80.4. The Labute approximate surface area is 778 Å². The van der Waals surface area contributed by atoms with Crippen LogP contribution < -0.4 is 26.6 Å². The molecule has 13 atom stereocenters. The summed E-state index contributed by atoms with van der Waals surface area (Å²) in [5, 5.41) is 63.0. The predicted octanol–water partition coefficient (Wildman–Crippen LogP) is 12.6. The van der Waals surface area contributed by atoms with Crippen molar-refractivity contribution in [1.82, 2.24) is 51.1 Å². The van der Waals surface area contributed by atoms with E-state index in [2.05, 4.69) is 47.4 Å². The first-order valence-corrected chi connectivity index (χ1v) is 51.8. The smallest absolute Gasteiger partial charge is 0.328 e. The molecular weight excluding hydrogens is 1690 g/mol. The Hall–Kier alpha value is -7.68. The van der Waals surface area contributed by atoms with Crippen molar-refractivity contribution in [2.24, 2.45) is 0 Å². The fourth-order valence-electron chi connectivity index (χ4n) is 18.6. The van der Waals surface area contributed by atoms with Crippen LogP contribution in [0.2, 0.25) is 0 Å². The molecule has 32 nitrogen and oxygen atoms in total. The molecule has 742 valence electrons. The lowest BCUT2D eigenvalue weighted by atomic mass is 10.0. The molecule has 0 spiro atoms. The molecule has 5 fully saturated rings. The van der Waals surface area contributed by atoms with Crippen LogP contribution in [0.3, 0.4) is 0 Å². The van der Waals surface area contributed by atoms with E-state index in [-0.39, 0.29) is 121 Å². The first-order chi connectivity index (χ1) is 62.6. The number of carbonyl (C=O) groups excluding carboxylic acids is 12. The molecule has 0 aromatic carbocycles. The van der Waals surface area contributed by atoms with Crippen LogP contribution in [0.25, 0.3) is 0 Å². The van der Waals surface area contributed by atoms with E-state index in [1.165, 1.54) is 199 Å². The quantitative estimate of drug-likeness (QED) is 0.0200. The average Bonchev–Trinajstić information content (AvgIpc) is 1.62. The molecule has 5 aliphatic rings. The number of aliphatic carboxylic acids is 3. The number of thioether (sulfide) groups is 1. The normalized spacial score (nSPS) is 19.2. The molecule has 5 aliphatic heterocycles. The van der Waals surface area contributed by atoms with E-state index in [0.29, 0.717) is 44.9 Å². The highest BCUT2D eigenvalue weighted by molar-refractivity contribution is 7.99. The molecule has 0 aromatic heterocycles. The number of carboxylic acid groups (broad SMARTS) is 3. The standard InChI is InChI=1S/C97H166N10O22S/c1-6-9-12-15-18-21-24-27-30-33-36-39-42-55-81(110)98-75(69-130-68-72(129-85(116)57-44-41-38-35-32-29-26-23-20-17-14-11-8-3)67-128-84(115)56-43-40-37-34-31-28-25-22-19-16-13-10-7-2)93(122)106-65-48-53-79(106)94(123)105-64-47-52-78(105)91(120)101-86(70(4)108)96(125)107-66-49-54-80(107)95(124)104-63-46-51-77(104)90(119)100-74(59-61-83(113)114)92(121)103-62-45-50-76(103)89(118)99-73(58-60-82(111)112)88(117)102-87(71(5)109)97(126)127/h70-80,86-87,108-109H,6-69H2,1-5H3,(H,98,110)(H,99,118)(H,100,119)(H,101,120)(H,102,117)(H,111,112)(H,113,114)(H,126,127)/t70-,71-,72?,73+,74+,75?,76+,77+,78+,79+,80+,86+,87+/m1/s1. The zero-order valence-electron chi connectivity index (χ0n) is 79.6. The van der Waals surface area contributed by atoms with E-state index in [0.717, 1.165) is 82.5 Å². The number of ether oxygens (including phenoxy) is 2. The zero-order chi connectivity index (χ0) is 95.0. The second-order valence-corrected chi connectivity index (χ2v) is 38.2. The molecule has 5 heterocycles. The summed E-state index contributed by atoms with van der Waals surface area (Å²) >= 11 is 1.27. The molecule has 2 unspecified atom stereocenters. The number of likely N-dealkylation sites (tertiary alicyclic amines) is 5. The number of hydrogen-bond donors (Lipinski definition) is 10. The summed E-state index contributed by atoms with van der Waals surface area (Å²) in [6.07, 6.45) is 41.2. The molecule has 10 N–H and O–H groups in total. The van der Waals surface area contributed by atoms with Gasteiger partial charge in [0.25, 0.3) is 0 Å². The first-order valence-electron chi connectivity index (χ1n) is 50.6. The number of amides is 10. The average molecular weight is 1860 g/mol. The molecule has 0 saturated carbocycles. The number of aliphatic hydroxyl groups excluding tert-OH is 2. The van der Waals surface area contributed by atoms with Crippen molar-refractivity contribution in [2.45, 2.75) is 473 Å². The topological polar surface area (TPSA) is 452 Å². The van der Waals surface area contributed by atoms with Crippen LogP contribution in [0.15, 0.2) is 0 Å². The molecule has 33 heteroatoms. The van der Waals surface area contributed by atoms with E-state index in [1.54, 1.807) is 0 Å². The van der Waals surface area contributed by atoms with Gasteiger partial charge in [0.05, 0.1) is 12.2 Å². The van der Waals surface area contributed by atoms with Gasteiger partial charge in [-0.1, -0.05) is 252 Å². The Morgan fingerprint density at radius 1 is 0.338 bits per heavy atom. The van der Waals surface area contributed by atoms with Gasteiger partial charge in [0.1, 0.15) is 67.1 Å². The lowest BCUT2D eigenvalue weighted by molar-refractivity contribution is -0.157. The monoisotopic (exact) mass is 1860 g/mol. The minimum absolute atomic E-state index is 0.00661. The minimum atomic E-state index is -1.83. The molecule has 10 amide bonds. The van der Waals surface area contributed by atoms with E-state index in [9.17, 15) is 87.9 Å². The van der Waals surface area contributed by atoms with Gasteiger partial charge in [0, 0.05) is 76.3 Å². The van der Waals surface area contributed by atoms with E-state index < -0.39 is 181 Å². The maximum atomic E-state index is 15.3. The SMILES string of the molecule is CCCCCCCCCCCCCCCC(=O)NC(CSCC(COC(=O)CCCCCCCCCCCCCCC)OC(=O)CCCCCCCCCCCCCCC)C(=O)N1CCC[C@H]1C(=O)N1CCC[C@H]1C(=O)N[C@H](C(=O)N1CCC[C@H]1C(=O)N1CCC[C@H]1C(=O)N[C@@H](CCC(=O)O)C(=O)N1CCC[C@H]1C(=O)N[C@@H](CCC(=O)O)C(=O)N[C@H](C(=O)O)[C@@H](C)O)[C@@H](C)O. The number of hydrogen-bond acceptors (Lipinski definition) is 20. The maximum absolute atomic E-state index is 15.3. The number of aliphatic hydroxyl groups is 2. The van der Waals surface area contributed by atoms with Crippen LogP contribution in [0.1, 0.15) is 394 Å². The van der Waals surface area contributed by atoms with Crippen LogP contribution >= 0.6 is 11.8 Å². The molecule has 0 bridgehead atoms. The van der Waals surface area contributed by atoms with Crippen molar-refractivity contribution in [3.63, 3.8) is 0 Å². The number of nitrogens with zero attached hydrogens (tertiary/aromatic N) is 5. The Kier molecular flexibility index (Phi) is 57.1. The summed E-state index contributed by atoms with van der Waals surface area (Å²) in [4.78, 5) is 214. The summed E-state index contributed by atoms with van der Waals surface area (Å²) in [6, 6.07) is -13.8. The van der Waals surface area contributed by atoms with Gasteiger partial charge in [-0.3, -0.25) is 67.1 Å². The highest BCUT2D eigenvalue weighted by Gasteiger charge is 2.49. The lowest BCUT2D eigenvalue weighted by Crippen LogP contribution is -2.61. The van der Waals surface area contributed by atoms with Gasteiger partial charge in [-0.2, -0.15) is 11.8 Å². The highest BCUT2D eigenvalue weighted by Crippen LogP contribution is 2.31. The summed E-state index contributed by atoms with van der Waals surface area (Å²) in [6.45, 7) is 9.13. The molecule has 5 saturated heterocycles. The predicted molar refractivity (Wildman–Crippen MR) is 497 cm³/mol. The maximum Gasteiger partial charge on any atom is 0.328 e. The molecule has 0 radical (unpaired) electrons. The fraction of sp³-hybridized carbons (Fsp3) is 0.845. The van der Waals surface area contributed by atoms with Crippen LogP contribution in [0.5, 0.6) is 0 Å². The molecule has 0 aromatic rings. The lowest BCUT2D eigenvalue weighted by Gasteiger charge is -2.35. The largest absolute Gasteiger partial charge is 0.481 e. The van der Waals surface area contributed by atoms with E-state index in [1.807, 2.05) is 0 Å². The molecule has 130 heavy (non-hydrogen) atoms. The summed E-state index contributed by atoms with van der Waals surface area (Å²) in [5.74, 6) is -12.3. The number of unbranched alkanes of at least 4 members (excludes halogenated alkanes) is 36. The van der Waals surface area contributed by atoms with Gasteiger partial charge in [-0.25, -0.2) is 4.79 Å². The third kappa shape index (κ3) is 42.7. The number of carboxylic acids is 3. The van der Waals surface area contributed by atoms with Gasteiger partial charge in [0.2, 0.25) is 59.1 Å². The Morgan fingerprint density at radius 3 is 1.05 bits per heavy atom. The van der Waals surface area contributed by atoms with Crippen LogP contribution in [-0.2, 0) is 81.4 Å². The van der Waals surface area contributed by atoms with Gasteiger partial charge in [-0.05, 0) is 110 Å². The van der Waals surface area contributed by atoms with Crippen LogP contribution in [0, 0.1) is 0 Å². The Bertz CT molecular complexity index is 3430. The van der Waals surface area contributed by atoms with Crippen molar-refractivity contribution in [3.8, 4) is 0 Å². The second kappa shape index (κ2) is 65.8. The van der Waals surface area contributed by atoms with E-state index in [4.69, 9.17) is 9.47 Å². The van der Waals surface area contributed by atoms with Gasteiger partial charge in [0.15, 0.2) is 6.04 Å². The summed E-state index contributed by atoms with van der Waals surface area (Å²) < 4.78 is 11.9. The first kappa shape index (κ1) is 113. The summed E-state index contributed by atoms with van der Waals surface area (Å²) in [5.41, 5.74) is 0. The summed E-state index contributed by atoms with van der Waals surface area (Å²) in [7, 11) is 0. The number of rotatable bonds is 72. The third-order valence-corrected chi connectivity index (χ3v) is 27.4. The van der Waals surface area contributed by atoms with Crippen molar-refractivity contribution in [3.05, 3.63) is 0 Å². The number of esters is 2. The third-order valence-electron chi connectivity index (χ3n) is 26.2. The second-order valence-electron chi connectivity index (χ2n) is 37.2. The molecule has 5 rings (SSSR count). The van der Waals surface area contributed by atoms with Crippen LogP contribution in [0.4, 0.5) is 0 Å². The van der Waals surface area contributed by atoms with Gasteiger partial charge >= 0.3 is 29.8 Å². The van der Waals surface area contributed by atoms with Crippen molar-refractivity contribution in [2.75, 3.05) is 50.8 Å². The number of nitrogens with one attached hydrogen (secondary N) is 5. The van der Waals surface area contributed by atoms with Crippen LogP contribution in [-0.4, -0.2) is 269 Å².